The van der Waals surface area contributed by atoms with Gasteiger partial charge in [-0.3, -0.25) is 0 Å². The lowest BCUT2D eigenvalue weighted by atomic mass is 10.3. The molecule has 2 aromatic rings. The number of nitrogens with two attached hydrogens (primary N) is 1. The molecule has 0 atom stereocenters. The lowest BCUT2D eigenvalue weighted by molar-refractivity contribution is 0.222. The Morgan fingerprint density at radius 1 is 1.30 bits per heavy atom. The molecule has 0 saturated heterocycles. The molecule has 1 aromatic heterocycles. The first-order valence-corrected chi connectivity index (χ1v) is 7.30. The summed E-state index contributed by atoms with van der Waals surface area (Å²) < 4.78 is 6.36. The van der Waals surface area contributed by atoms with Gasteiger partial charge in [-0.05, 0) is 54.6 Å². The number of hydrogen-bond acceptors (Lipinski definition) is 6. The molecule has 3 N–H and O–H groups in total. The number of nitrogen functional groups attached to an aromatic ring is 1. The first-order valence-electron chi connectivity index (χ1n) is 5.84. The second kappa shape index (κ2) is 6.40. The molecule has 8 heteroatoms. The molecule has 1 aromatic carbocycles. The molecule has 0 saturated carbocycles. The zero-order valence-corrected chi connectivity index (χ0v) is 13.8. The molecule has 20 heavy (non-hydrogen) atoms. The Morgan fingerprint density at radius 2 is 2.05 bits per heavy atom. The number of ether oxygens (including phenoxy) is 1. The van der Waals surface area contributed by atoms with E-state index in [4.69, 9.17) is 22.1 Å². The molecule has 0 aliphatic heterocycles. The predicted molar refractivity (Wildman–Crippen MR) is 87.5 cm³/mol. The topological polar surface area (TPSA) is 86.0 Å². The van der Waals surface area contributed by atoms with Gasteiger partial charge in [0.15, 0.2) is 0 Å². The fourth-order valence-corrected chi connectivity index (χ4v) is 2.41. The van der Waals surface area contributed by atoms with Crippen molar-refractivity contribution in [2.75, 3.05) is 11.1 Å². The molecule has 0 unspecified atom stereocenters. The molecule has 0 spiro atoms. The normalized spacial score (nSPS) is 10.7. The van der Waals surface area contributed by atoms with Crippen molar-refractivity contribution in [3.05, 3.63) is 26.8 Å². The van der Waals surface area contributed by atoms with E-state index in [0.717, 1.165) is 9.26 Å². The van der Waals surface area contributed by atoms with E-state index in [1.54, 1.807) is 6.07 Å². The average Bonchev–Trinajstić information content (AvgIpc) is 2.31. The second-order valence-corrected chi connectivity index (χ2v) is 5.81. The summed E-state index contributed by atoms with van der Waals surface area (Å²) in [6, 6.07) is 5.65. The number of halogens is 2. The lowest BCUT2D eigenvalue weighted by Crippen LogP contribution is -2.12. The monoisotopic (exact) mass is 405 g/mol. The third kappa shape index (κ3) is 4.07. The van der Waals surface area contributed by atoms with Crippen LogP contribution in [0.1, 0.15) is 13.8 Å². The Labute approximate surface area is 135 Å². The van der Waals surface area contributed by atoms with E-state index in [2.05, 4.69) is 42.9 Å². The zero-order chi connectivity index (χ0) is 14.7. The third-order valence-corrected chi connectivity index (χ3v) is 3.28. The van der Waals surface area contributed by atoms with Crippen molar-refractivity contribution in [1.29, 1.82) is 0 Å². The van der Waals surface area contributed by atoms with Gasteiger partial charge in [0.2, 0.25) is 11.9 Å². The lowest BCUT2D eigenvalue weighted by Gasteiger charge is -2.11. The number of rotatable bonds is 4. The zero-order valence-electron chi connectivity index (χ0n) is 10.9. The molecule has 1 heterocycles. The number of hydrogen-bond donors (Lipinski definition) is 2. The number of nitrogens with one attached hydrogen (secondary N) is 1. The fourth-order valence-electron chi connectivity index (χ4n) is 1.40. The van der Waals surface area contributed by atoms with E-state index in [1.165, 1.54) is 0 Å². The summed E-state index contributed by atoms with van der Waals surface area (Å²) >= 11 is 8.08. The van der Waals surface area contributed by atoms with Crippen molar-refractivity contribution in [2.24, 2.45) is 0 Å². The highest BCUT2D eigenvalue weighted by atomic mass is 127. The van der Waals surface area contributed by atoms with E-state index >= 15 is 0 Å². The standard InChI is InChI=1S/C12H13ClIN5O/c1-6(2)20-12-18-10(15)17-11(19-12)16-9-4-3-7(13)5-8(9)14/h3-6H,1-2H3,(H3,15,16,17,18,19). The van der Waals surface area contributed by atoms with Crippen LogP contribution >= 0.6 is 34.2 Å². The molecular formula is C12H13ClIN5O. The van der Waals surface area contributed by atoms with E-state index in [1.807, 2.05) is 26.0 Å². The highest BCUT2D eigenvalue weighted by molar-refractivity contribution is 14.1. The van der Waals surface area contributed by atoms with Gasteiger partial charge in [-0.15, -0.1) is 0 Å². The van der Waals surface area contributed by atoms with E-state index in [0.29, 0.717) is 11.0 Å². The van der Waals surface area contributed by atoms with Crippen LogP contribution in [0.2, 0.25) is 5.02 Å². The summed E-state index contributed by atoms with van der Waals surface area (Å²) in [5.41, 5.74) is 6.48. The number of benzene rings is 1. The highest BCUT2D eigenvalue weighted by Crippen LogP contribution is 2.25. The van der Waals surface area contributed by atoms with Crippen molar-refractivity contribution in [1.82, 2.24) is 15.0 Å². The Hall–Kier alpha value is -1.35. The molecule has 0 fully saturated rings. The summed E-state index contributed by atoms with van der Waals surface area (Å²) in [6.07, 6.45) is -0.0414. The van der Waals surface area contributed by atoms with Crippen molar-refractivity contribution < 1.29 is 4.74 Å². The molecule has 0 bridgehead atoms. The molecule has 106 valence electrons. The number of aromatic nitrogens is 3. The Kier molecular flexibility index (Phi) is 4.81. The van der Waals surface area contributed by atoms with E-state index in [-0.39, 0.29) is 18.1 Å². The molecule has 0 aliphatic carbocycles. The molecule has 2 rings (SSSR count). The quantitative estimate of drug-likeness (QED) is 0.760. The van der Waals surface area contributed by atoms with Gasteiger partial charge in [0, 0.05) is 8.59 Å². The highest BCUT2D eigenvalue weighted by Gasteiger charge is 2.09. The van der Waals surface area contributed by atoms with Crippen LogP contribution in [-0.4, -0.2) is 21.1 Å². The predicted octanol–water partition coefficient (Wildman–Crippen LogP) is 3.24. The summed E-state index contributed by atoms with van der Waals surface area (Å²) in [5.74, 6) is 0.426. The molecular weight excluding hydrogens is 393 g/mol. The van der Waals surface area contributed by atoms with Crippen LogP contribution in [0.3, 0.4) is 0 Å². The molecule has 0 radical (unpaired) electrons. The van der Waals surface area contributed by atoms with Gasteiger partial charge < -0.3 is 15.8 Å². The summed E-state index contributed by atoms with van der Waals surface area (Å²) in [7, 11) is 0. The first-order chi connectivity index (χ1) is 9.44. The third-order valence-electron chi connectivity index (χ3n) is 2.15. The maximum atomic E-state index is 5.91. The summed E-state index contributed by atoms with van der Waals surface area (Å²) in [4.78, 5) is 12.1. The minimum absolute atomic E-state index is 0.0414. The van der Waals surface area contributed by atoms with Gasteiger partial charge in [-0.25, -0.2) is 0 Å². The maximum absolute atomic E-state index is 5.91. The van der Waals surface area contributed by atoms with Crippen LogP contribution < -0.4 is 15.8 Å². The number of nitrogens with zero attached hydrogens (tertiary/aromatic N) is 3. The summed E-state index contributed by atoms with van der Waals surface area (Å²) in [5, 5.41) is 3.73. The van der Waals surface area contributed by atoms with Gasteiger partial charge in [0.1, 0.15) is 0 Å². The summed E-state index contributed by atoms with van der Waals surface area (Å²) in [6.45, 7) is 3.77. The number of anilines is 3. The minimum Gasteiger partial charge on any atom is -0.461 e. The van der Waals surface area contributed by atoms with Crippen LogP contribution in [-0.2, 0) is 0 Å². The first kappa shape index (κ1) is 15.0. The molecule has 0 aliphatic rings. The van der Waals surface area contributed by atoms with Gasteiger partial charge in [-0.1, -0.05) is 11.6 Å². The van der Waals surface area contributed by atoms with Crippen molar-refractivity contribution in [2.45, 2.75) is 20.0 Å². The fraction of sp³-hybridized carbons (Fsp3) is 0.250. The average molecular weight is 406 g/mol. The van der Waals surface area contributed by atoms with E-state index < -0.39 is 0 Å². The van der Waals surface area contributed by atoms with Gasteiger partial charge in [-0.2, -0.15) is 15.0 Å². The van der Waals surface area contributed by atoms with Crippen LogP contribution in [0.5, 0.6) is 6.01 Å². The van der Waals surface area contributed by atoms with Gasteiger partial charge in [0.25, 0.3) is 0 Å². The van der Waals surface area contributed by atoms with Crippen LogP contribution in [0.4, 0.5) is 17.6 Å². The van der Waals surface area contributed by atoms with Crippen LogP contribution in [0, 0.1) is 3.57 Å². The Morgan fingerprint density at radius 3 is 2.70 bits per heavy atom. The van der Waals surface area contributed by atoms with Crippen LogP contribution in [0.15, 0.2) is 18.2 Å². The van der Waals surface area contributed by atoms with Crippen molar-refractivity contribution >= 4 is 51.8 Å². The SMILES string of the molecule is CC(C)Oc1nc(N)nc(Nc2ccc(Cl)cc2I)n1. The van der Waals surface area contributed by atoms with Crippen LogP contribution in [0.25, 0.3) is 0 Å². The smallest absolute Gasteiger partial charge is 0.323 e. The van der Waals surface area contributed by atoms with E-state index in [9.17, 15) is 0 Å². The van der Waals surface area contributed by atoms with Gasteiger partial charge in [0.05, 0.1) is 11.8 Å². The maximum Gasteiger partial charge on any atom is 0.323 e. The molecule has 6 nitrogen and oxygen atoms in total. The largest absolute Gasteiger partial charge is 0.461 e. The Balaban J connectivity index is 2.26. The minimum atomic E-state index is -0.0414. The second-order valence-electron chi connectivity index (χ2n) is 4.22. The molecule has 0 amide bonds. The Bertz CT molecular complexity index is 623. The van der Waals surface area contributed by atoms with Crippen molar-refractivity contribution in [3.8, 4) is 6.01 Å². The van der Waals surface area contributed by atoms with Gasteiger partial charge >= 0.3 is 6.01 Å². The van der Waals surface area contributed by atoms with Crippen molar-refractivity contribution in [3.63, 3.8) is 0 Å².